The van der Waals surface area contributed by atoms with Gasteiger partial charge in [0.15, 0.2) is 0 Å². The molecule has 7 nitrogen and oxygen atoms in total. The third kappa shape index (κ3) is 2.83. The van der Waals surface area contributed by atoms with E-state index >= 15 is 0 Å². The number of aromatic nitrogens is 2. The van der Waals surface area contributed by atoms with Crippen LogP contribution in [0.5, 0.6) is 0 Å². The molecule has 1 aromatic heterocycles. The summed E-state index contributed by atoms with van der Waals surface area (Å²) in [5.74, 6) is -0.387. The van der Waals surface area contributed by atoms with E-state index in [4.69, 9.17) is 4.74 Å². The highest BCUT2D eigenvalue weighted by atomic mass is 127. The molecule has 2 rings (SSSR count). The molecule has 0 aliphatic rings. The quantitative estimate of drug-likeness (QED) is 0.354. The van der Waals surface area contributed by atoms with Gasteiger partial charge in [0.05, 0.1) is 17.0 Å². The van der Waals surface area contributed by atoms with E-state index in [0.29, 0.717) is 21.2 Å². The maximum atomic E-state index is 11.4. The number of carbonyl (C=O) groups is 1. The number of esters is 1. The Morgan fingerprint density at radius 1 is 1.58 bits per heavy atom. The molecule has 0 amide bonds. The van der Waals surface area contributed by atoms with Gasteiger partial charge in [0.25, 0.3) is 5.69 Å². The van der Waals surface area contributed by atoms with Gasteiger partial charge >= 0.3 is 5.97 Å². The number of hydrogen-bond acceptors (Lipinski definition) is 5. The Labute approximate surface area is 121 Å². The minimum absolute atomic E-state index is 0.00102. The lowest BCUT2D eigenvalue weighted by atomic mass is 10.2. The molecule has 0 N–H and O–H groups in total. The van der Waals surface area contributed by atoms with Crippen molar-refractivity contribution >= 4 is 45.2 Å². The second-order valence-electron chi connectivity index (χ2n) is 3.71. The molecule has 19 heavy (non-hydrogen) atoms. The average molecular weight is 375 g/mol. The van der Waals surface area contributed by atoms with Crippen LogP contribution in [0.1, 0.15) is 6.92 Å². The highest BCUT2D eigenvalue weighted by Gasteiger charge is 2.15. The Kier molecular flexibility index (Phi) is 3.98. The van der Waals surface area contributed by atoms with Gasteiger partial charge in [0.2, 0.25) is 0 Å². The number of carbonyl (C=O) groups excluding carboxylic acids is 1. The van der Waals surface area contributed by atoms with Crippen molar-refractivity contribution in [2.45, 2.75) is 13.5 Å². The molecule has 0 aliphatic carbocycles. The van der Waals surface area contributed by atoms with Crippen LogP contribution in [0.2, 0.25) is 0 Å². The van der Waals surface area contributed by atoms with Crippen molar-refractivity contribution in [3.63, 3.8) is 0 Å². The van der Waals surface area contributed by atoms with Gasteiger partial charge in [-0.15, -0.1) is 0 Å². The van der Waals surface area contributed by atoms with Crippen LogP contribution in [-0.2, 0) is 16.1 Å². The van der Waals surface area contributed by atoms with Crippen LogP contribution in [0, 0.1) is 13.8 Å². The fraction of sp³-hybridized carbons (Fsp3) is 0.273. The average Bonchev–Trinajstić information content (AvgIpc) is 2.66. The lowest BCUT2D eigenvalue weighted by Crippen LogP contribution is -2.14. The number of non-ortho nitro benzene ring substituents is 1. The molecular weight excluding hydrogens is 365 g/mol. The van der Waals surface area contributed by atoms with Crippen molar-refractivity contribution in [2.75, 3.05) is 6.61 Å². The van der Waals surface area contributed by atoms with Gasteiger partial charge in [-0.05, 0) is 35.6 Å². The maximum Gasteiger partial charge on any atom is 0.327 e. The Morgan fingerprint density at radius 3 is 2.95 bits per heavy atom. The zero-order valence-corrected chi connectivity index (χ0v) is 12.2. The summed E-state index contributed by atoms with van der Waals surface area (Å²) in [6.45, 7) is 2.03. The number of halogens is 1. The molecule has 0 atom stereocenters. The number of benzene rings is 1. The summed E-state index contributed by atoms with van der Waals surface area (Å²) in [6, 6.07) is 4.43. The summed E-state index contributed by atoms with van der Waals surface area (Å²) >= 11 is 1.98. The number of rotatable bonds is 4. The number of ether oxygens (including phenoxy) is 1. The molecule has 0 saturated heterocycles. The van der Waals surface area contributed by atoms with Gasteiger partial charge < -0.3 is 4.74 Å². The van der Waals surface area contributed by atoms with Gasteiger partial charge in [-0.1, -0.05) is 0 Å². The molecule has 0 aliphatic heterocycles. The minimum atomic E-state index is -0.460. The van der Waals surface area contributed by atoms with Crippen LogP contribution >= 0.6 is 22.6 Å². The van der Waals surface area contributed by atoms with Crippen molar-refractivity contribution in [1.29, 1.82) is 0 Å². The smallest absolute Gasteiger partial charge is 0.327 e. The predicted molar refractivity (Wildman–Crippen MR) is 75.7 cm³/mol. The van der Waals surface area contributed by atoms with E-state index in [9.17, 15) is 14.9 Å². The summed E-state index contributed by atoms with van der Waals surface area (Å²) in [4.78, 5) is 21.7. The summed E-state index contributed by atoms with van der Waals surface area (Å²) in [5.41, 5.74) is 0.671. The van der Waals surface area contributed by atoms with Crippen molar-refractivity contribution in [3.05, 3.63) is 32.0 Å². The first-order valence-electron chi connectivity index (χ1n) is 5.49. The summed E-state index contributed by atoms with van der Waals surface area (Å²) in [7, 11) is 0. The Balaban J connectivity index is 2.42. The SMILES string of the molecule is CCOC(=O)Cn1nc(I)c2cc([N+](=O)[O-])ccc21. The van der Waals surface area contributed by atoms with E-state index in [-0.39, 0.29) is 18.2 Å². The number of hydrogen-bond donors (Lipinski definition) is 0. The summed E-state index contributed by atoms with van der Waals surface area (Å²) in [6.07, 6.45) is 0. The molecule has 0 radical (unpaired) electrons. The normalized spacial score (nSPS) is 10.6. The molecule has 0 unspecified atom stereocenters. The Morgan fingerprint density at radius 2 is 2.32 bits per heavy atom. The van der Waals surface area contributed by atoms with Crippen LogP contribution in [0.15, 0.2) is 18.2 Å². The van der Waals surface area contributed by atoms with E-state index in [1.165, 1.54) is 16.8 Å². The first-order valence-corrected chi connectivity index (χ1v) is 6.57. The van der Waals surface area contributed by atoms with E-state index < -0.39 is 4.92 Å². The van der Waals surface area contributed by atoms with Crippen LogP contribution in [0.4, 0.5) is 5.69 Å². The Bertz CT molecular complexity index is 653. The van der Waals surface area contributed by atoms with Crippen LogP contribution < -0.4 is 0 Å². The highest BCUT2D eigenvalue weighted by Crippen LogP contribution is 2.25. The highest BCUT2D eigenvalue weighted by molar-refractivity contribution is 14.1. The molecule has 1 aromatic carbocycles. The minimum Gasteiger partial charge on any atom is -0.465 e. The number of fused-ring (bicyclic) bond motifs is 1. The first-order chi connectivity index (χ1) is 9.02. The molecule has 0 spiro atoms. The second-order valence-corrected chi connectivity index (χ2v) is 4.73. The van der Waals surface area contributed by atoms with Gasteiger partial charge in [-0.3, -0.25) is 19.6 Å². The molecule has 8 heteroatoms. The predicted octanol–water partition coefficient (Wildman–Crippen LogP) is 2.11. The third-order valence-corrected chi connectivity index (χ3v) is 3.28. The third-order valence-electron chi connectivity index (χ3n) is 2.48. The second kappa shape index (κ2) is 5.51. The van der Waals surface area contributed by atoms with Crippen molar-refractivity contribution in [1.82, 2.24) is 9.78 Å². The van der Waals surface area contributed by atoms with Crippen molar-refractivity contribution in [2.24, 2.45) is 0 Å². The largest absolute Gasteiger partial charge is 0.465 e. The van der Waals surface area contributed by atoms with Crippen LogP contribution in [0.3, 0.4) is 0 Å². The van der Waals surface area contributed by atoms with Crippen molar-refractivity contribution < 1.29 is 14.5 Å². The molecule has 0 bridgehead atoms. The molecule has 0 saturated carbocycles. The molecule has 1 heterocycles. The molecule has 0 fully saturated rings. The number of nitro groups is 1. The summed E-state index contributed by atoms with van der Waals surface area (Å²) in [5, 5.41) is 15.6. The molecule has 2 aromatic rings. The van der Waals surface area contributed by atoms with Crippen molar-refractivity contribution in [3.8, 4) is 0 Å². The fourth-order valence-electron chi connectivity index (χ4n) is 1.69. The van der Waals surface area contributed by atoms with Gasteiger partial charge in [0, 0.05) is 17.5 Å². The first kappa shape index (κ1) is 13.7. The topological polar surface area (TPSA) is 87.3 Å². The van der Waals surface area contributed by atoms with Gasteiger partial charge in [-0.25, -0.2) is 0 Å². The van der Waals surface area contributed by atoms with E-state index in [0.717, 1.165) is 0 Å². The van der Waals surface area contributed by atoms with Gasteiger partial charge in [-0.2, -0.15) is 5.10 Å². The van der Waals surface area contributed by atoms with Gasteiger partial charge in [0.1, 0.15) is 10.2 Å². The van der Waals surface area contributed by atoms with E-state index in [1.807, 2.05) is 22.6 Å². The van der Waals surface area contributed by atoms with E-state index in [2.05, 4.69) is 5.10 Å². The van der Waals surface area contributed by atoms with E-state index in [1.54, 1.807) is 13.0 Å². The van der Waals surface area contributed by atoms with Crippen LogP contribution in [0.25, 0.3) is 10.9 Å². The maximum absolute atomic E-state index is 11.4. The van der Waals surface area contributed by atoms with Crippen LogP contribution in [-0.4, -0.2) is 27.3 Å². The Hall–Kier alpha value is -1.71. The lowest BCUT2D eigenvalue weighted by molar-refractivity contribution is -0.384. The monoisotopic (exact) mass is 375 g/mol. The fourth-order valence-corrected chi connectivity index (χ4v) is 2.38. The lowest BCUT2D eigenvalue weighted by Gasteiger charge is -2.03. The standard InChI is InChI=1S/C11H10IN3O4/c1-2-19-10(16)6-14-9-4-3-7(15(17)18)5-8(9)11(12)13-14/h3-5H,2,6H2,1H3. The number of nitrogens with zero attached hydrogens (tertiary/aromatic N) is 3. The zero-order valence-electron chi connectivity index (χ0n) is 10.00. The number of nitro benzene ring substituents is 1. The molecule has 100 valence electrons. The molecular formula is C11H10IN3O4. The summed E-state index contributed by atoms with van der Waals surface area (Å²) < 4.78 is 6.95. The zero-order chi connectivity index (χ0) is 14.0.